The minimum absolute atomic E-state index is 0.0241. The summed E-state index contributed by atoms with van der Waals surface area (Å²) in [4.78, 5) is 61.5. The fraction of sp³-hybridized carbons (Fsp3) is 0.536. The number of carboxylic acid groups (broad SMARTS) is 3. The highest BCUT2D eigenvalue weighted by atomic mass is 16.8. The number of hydrogen-bond acceptors (Lipinski definition) is 11. The van der Waals surface area contributed by atoms with E-state index in [0.29, 0.717) is 6.42 Å². The molecule has 1 aromatic carbocycles. The number of esters is 1. The zero-order chi connectivity index (χ0) is 32.3. The van der Waals surface area contributed by atoms with E-state index in [1.165, 1.54) is 13.8 Å². The van der Waals surface area contributed by atoms with Crippen LogP contribution in [0, 0.1) is 5.92 Å². The fourth-order valence-corrected chi connectivity index (χ4v) is 5.60. The summed E-state index contributed by atoms with van der Waals surface area (Å²) in [6.07, 6.45) is -10.2. The zero-order valence-corrected chi connectivity index (χ0v) is 23.7. The van der Waals surface area contributed by atoms with Gasteiger partial charge in [-0.15, -0.1) is 0 Å². The van der Waals surface area contributed by atoms with Crippen molar-refractivity contribution < 1.29 is 68.5 Å². The largest absolute Gasteiger partial charge is 0.479 e. The van der Waals surface area contributed by atoms with Crippen molar-refractivity contribution in [2.75, 3.05) is 6.54 Å². The van der Waals surface area contributed by atoms with Crippen LogP contribution in [-0.2, 0) is 44.5 Å². The van der Waals surface area contributed by atoms with E-state index in [9.17, 15) is 49.5 Å². The first kappa shape index (κ1) is 33.5. The highest BCUT2D eigenvalue weighted by molar-refractivity contribution is 5.98. The molecule has 0 aromatic heterocycles. The van der Waals surface area contributed by atoms with Crippen LogP contribution in [0.5, 0.6) is 0 Å². The van der Waals surface area contributed by atoms with Crippen LogP contribution in [0.15, 0.2) is 42.5 Å². The van der Waals surface area contributed by atoms with E-state index in [0.717, 1.165) is 5.56 Å². The number of carbonyl (C=O) groups is 5. The van der Waals surface area contributed by atoms with Gasteiger partial charge in [0.15, 0.2) is 6.10 Å². The van der Waals surface area contributed by atoms with E-state index < -0.39 is 77.8 Å². The number of benzene rings is 1. The first-order valence-electron chi connectivity index (χ1n) is 13.4. The summed E-state index contributed by atoms with van der Waals surface area (Å²) >= 11 is 0. The highest BCUT2D eigenvalue weighted by Crippen LogP contribution is 2.55. The third-order valence-electron chi connectivity index (χ3n) is 7.57. The molecule has 0 radical (unpaired) electrons. The molecule has 2 fully saturated rings. The topological polar surface area (TPSA) is 235 Å². The smallest absolute Gasteiger partial charge is 0.407 e. The van der Waals surface area contributed by atoms with Gasteiger partial charge in [-0.2, -0.15) is 0 Å². The number of fused-ring (bicyclic) bond motifs is 2. The van der Waals surface area contributed by atoms with Gasteiger partial charge in [0.2, 0.25) is 17.5 Å². The van der Waals surface area contributed by atoms with Crippen molar-refractivity contribution in [3.05, 3.63) is 48.0 Å². The predicted octanol–water partition coefficient (Wildman–Crippen LogP) is 0.458. The molecule has 1 aromatic rings. The Hall–Kier alpha value is -4.05. The molecule has 8 unspecified atom stereocenters. The van der Waals surface area contributed by atoms with Crippen LogP contribution in [0.25, 0.3) is 0 Å². The monoisotopic (exact) mass is 609 g/mol. The Morgan fingerprint density at radius 1 is 1.09 bits per heavy atom. The summed E-state index contributed by atoms with van der Waals surface area (Å²) < 4.78 is 21.5. The van der Waals surface area contributed by atoms with Crippen molar-refractivity contribution in [2.45, 2.75) is 81.4 Å². The van der Waals surface area contributed by atoms with E-state index in [2.05, 4.69) is 11.9 Å². The third kappa shape index (κ3) is 5.93. The molecule has 2 saturated heterocycles. The molecule has 3 rings (SSSR count). The highest BCUT2D eigenvalue weighted by Gasteiger charge is 2.85. The average Bonchev–Trinajstić information content (AvgIpc) is 3.14. The Kier molecular flexibility index (Phi) is 9.86. The van der Waals surface area contributed by atoms with E-state index in [-0.39, 0.29) is 24.5 Å². The summed E-state index contributed by atoms with van der Waals surface area (Å²) in [7, 11) is 0. The second-order valence-corrected chi connectivity index (χ2v) is 10.5. The van der Waals surface area contributed by atoms with Gasteiger partial charge < -0.3 is 49.8 Å². The molecular formula is C28H35NO14. The summed E-state index contributed by atoms with van der Waals surface area (Å²) in [5.41, 5.74) is -6.25. The number of amides is 1. The zero-order valence-electron chi connectivity index (χ0n) is 23.7. The van der Waals surface area contributed by atoms with Crippen LogP contribution in [0.4, 0.5) is 4.79 Å². The number of ether oxygens (including phenoxy) is 4. The molecule has 2 aliphatic heterocycles. The molecule has 0 spiro atoms. The van der Waals surface area contributed by atoms with Gasteiger partial charge in [-0.25, -0.2) is 19.2 Å². The van der Waals surface area contributed by atoms with Crippen LogP contribution in [0.3, 0.4) is 0 Å². The number of alkyl carbamates (subject to hydrolysis) is 1. The molecular weight excluding hydrogens is 574 g/mol. The predicted molar refractivity (Wildman–Crippen MR) is 142 cm³/mol. The molecule has 43 heavy (non-hydrogen) atoms. The summed E-state index contributed by atoms with van der Waals surface area (Å²) in [6, 6.07) is 9.25. The number of rotatable bonds is 13. The molecule has 1 amide bonds. The van der Waals surface area contributed by atoms with Gasteiger partial charge >= 0.3 is 30.0 Å². The van der Waals surface area contributed by atoms with Crippen molar-refractivity contribution in [2.24, 2.45) is 5.92 Å². The van der Waals surface area contributed by atoms with Crippen molar-refractivity contribution in [1.82, 2.24) is 5.32 Å². The van der Waals surface area contributed by atoms with Gasteiger partial charge in [0.05, 0.1) is 0 Å². The summed E-state index contributed by atoms with van der Waals surface area (Å²) in [5, 5.41) is 54.7. The molecule has 2 bridgehead atoms. The Morgan fingerprint density at radius 2 is 1.72 bits per heavy atom. The maximum absolute atomic E-state index is 12.7. The van der Waals surface area contributed by atoms with Gasteiger partial charge in [-0.05, 0) is 30.9 Å². The SMILES string of the molecule is C=C(CCC12OC(C(=O)O)C(O)(C(=O)O)C(C(=O)O)(O1)C(OC(=O)NCC)C2O)C(OC(C)=O)C(C)Cc1ccccc1. The first-order valence-corrected chi connectivity index (χ1v) is 13.4. The molecule has 0 aliphatic carbocycles. The van der Waals surface area contributed by atoms with E-state index in [1.807, 2.05) is 30.3 Å². The second kappa shape index (κ2) is 12.7. The molecule has 15 heteroatoms. The maximum Gasteiger partial charge on any atom is 0.407 e. The van der Waals surface area contributed by atoms with Gasteiger partial charge in [-0.1, -0.05) is 43.8 Å². The number of aliphatic carboxylic acids is 3. The summed E-state index contributed by atoms with van der Waals surface area (Å²) in [5.74, 6) is -10.3. The van der Waals surface area contributed by atoms with Crippen LogP contribution < -0.4 is 5.32 Å². The quantitative estimate of drug-likeness (QED) is 0.132. The Labute approximate surface area is 246 Å². The van der Waals surface area contributed by atoms with Crippen LogP contribution in [0.2, 0.25) is 0 Å². The van der Waals surface area contributed by atoms with E-state index in [1.54, 1.807) is 6.92 Å². The maximum atomic E-state index is 12.7. The Morgan fingerprint density at radius 3 is 2.23 bits per heavy atom. The third-order valence-corrected chi connectivity index (χ3v) is 7.57. The molecule has 6 N–H and O–H groups in total. The number of carboxylic acids is 3. The lowest BCUT2D eigenvalue weighted by molar-refractivity contribution is -0.373. The Bertz CT molecular complexity index is 1270. The first-order chi connectivity index (χ1) is 20.1. The molecule has 236 valence electrons. The van der Waals surface area contributed by atoms with Crippen LogP contribution in [0.1, 0.15) is 39.2 Å². The second-order valence-electron chi connectivity index (χ2n) is 10.5. The van der Waals surface area contributed by atoms with Crippen molar-refractivity contribution in [3.63, 3.8) is 0 Å². The van der Waals surface area contributed by atoms with Crippen molar-refractivity contribution >= 4 is 30.0 Å². The Balaban J connectivity index is 2.03. The van der Waals surface area contributed by atoms with Gasteiger partial charge in [0, 0.05) is 25.8 Å². The van der Waals surface area contributed by atoms with E-state index >= 15 is 0 Å². The molecule has 0 saturated carbocycles. The molecule has 8 atom stereocenters. The van der Waals surface area contributed by atoms with Crippen LogP contribution in [-0.4, -0.2) is 103 Å². The van der Waals surface area contributed by atoms with Gasteiger partial charge in [-0.3, -0.25) is 4.79 Å². The lowest BCUT2D eigenvalue weighted by atomic mass is 9.74. The minimum Gasteiger partial charge on any atom is -0.479 e. The standard InChI is InChI=1S/C28H35NO14/c1-5-29-25(38)41-20-19(31)26(42-21(22(32)33)27(39,23(34)35)28(20,43-26)24(36)37)12-11-14(2)18(40-16(4)30)15(3)13-17-9-7-6-8-10-17/h6-10,15,18-21,31,39H,2,5,11-13H2,1,3-4H3,(H,29,38)(H,32,33)(H,34,35)(H,36,37). The van der Waals surface area contributed by atoms with Crippen molar-refractivity contribution in [1.29, 1.82) is 0 Å². The lowest BCUT2D eigenvalue weighted by Gasteiger charge is -2.48. The number of aliphatic hydroxyl groups is 2. The normalized spacial score (nSPS) is 30.9. The van der Waals surface area contributed by atoms with Crippen molar-refractivity contribution in [3.8, 4) is 0 Å². The molecule has 2 aliphatic rings. The minimum atomic E-state index is -3.88. The number of hydrogen-bond donors (Lipinski definition) is 6. The molecule has 2 heterocycles. The summed E-state index contributed by atoms with van der Waals surface area (Å²) in [6.45, 7) is 8.42. The number of nitrogens with one attached hydrogen (secondary N) is 1. The number of carbonyl (C=O) groups excluding carboxylic acids is 2. The lowest BCUT2D eigenvalue weighted by Crippen LogP contribution is -2.78. The van der Waals surface area contributed by atoms with Gasteiger partial charge in [0.25, 0.3) is 5.60 Å². The average molecular weight is 610 g/mol. The fourth-order valence-electron chi connectivity index (χ4n) is 5.60. The number of aliphatic hydroxyl groups excluding tert-OH is 1. The van der Waals surface area contributed by atoms with E-state index in [4.69, 9.17) is 18.9 Å². The molecule has 15 nitrogen and oxygen atoms in total. The van der Waals surface area contributed by atoms with Crippen LogP contribution >= 0.6 is 0 Å². The van der Waals surface area contributed by atoms with Gasteiger partial charge in [0.1, 0.15) is 12.2 Å².